The van der Waals surface area contributed by atoms with Gasteiger partial charge in [0.25, 0.3) is 5.89 Å². The van der Waals surface area contributed by atoms with Gasteiger partial charge in [0.15, 0.2) is 5.82 Å². The molecule has 1 amide bonds. The summed E-state index contributed by atoms with van der Waals surface area (Å²) in [5.74, 6) is 1.97. The lowest BCUT2D eigenvalue weighted by Gasteiger charge is -2.16. The van der Waals surface area contributed by atoms with Crippen LogP contribution in [0.25, 0.3) is 11.5 Å². The summed E-state index contributed by atoms with van der Waals surface area (Å²) in [6.45, 7) is 5.74. The maximum absolute atomic E-state index is 12.5. The Morgan fingerprint density at radius 3 is 2.89 bits per heavy atom. The minimum atomic E-state index is -0.0510. The van der Waals surface area contributed by atoms with E-state index < -0.39 is 0 Å². The number of likely N-dealkylation sites (tertiary alicyclic amines) is 1. The second-order valence-electron chi connectivity index (χ2n) is 7.08. The van der Waals surface area contributed by atoms with Crippen molar-refractivity contribution >= 4 is 5.91 Å². The van der Waals surface area contributed by atoms with Crippen molar-refractivity contribution < 1.29 is 14.1 Å². The quantitative estimate of drug-likeness (QED) is 0.650. The Kier molecular flexibility index (Phi) is 5.10. The molecule has 4 rings (SSSR count). The van der Waals surface area contributed by atoms with Crippen LogP contribution < -0.4 is 4.74 Å². The third kappa shape index (κ3) is 3.91. The standard InChI is InChI=1S/C22H23N3O3/c1-3-27-19-9-5-7-16(11-19)13-25-14-18(12-20(25)26)21-23-22(28-24-21)17-8-4-6-15(2)10-17/h4-11,18H,3,12-14H2,1-2H3. The fraction of sp³-hybridized carbons (Fsp3) is 0.318. The van der Waals surface area contributed by atoms with Gasteiger partial charge in [0.1, 0.15) is 5.75 Å². The first-order valence-corrected chi connectivity index (χ1v) is 9.52. The number of rotatable bonds is 6. The van der Waals surface area contributed by atoms with Crippen molar-refractivity contribution in [2.24, 2.45) is 0 Å². The summed E-state index contributed by atoms with van der Waals surface area (Å²) in [6.07, 6.45) is 0.401. The minimum absolute atomic E-state index is 0.0510. The van der Waals surface area contributed by atoms with Crippen LogP contribution in [0, 0.1) is 6.92 Å². The first-order valence-electron chi connectivity index (χ1n) is 9.52. The van der Waals surface area contributed by atoms with Crippen molar-refractivity contribution in [1.82, 2.24) is 15.0 Å². The number of aromatic nitrogens is 2. The van der Waals surface area contributed by atoms with Crippen molar-refractivity contribution in [3.05, 3.63) is 65.5 Å². The highest BCUT2D eigenvalue weighted by atomic mass is 16.5. The van der Waals surface area contributed by atoms with Crippen molar-refractivity contribution in [2.75, 3.05) is 13.2 Å². The third-order valence-corrected chi connectivity index (χ3v) is 4.87. The lowest BCUT2D eigenvalue weighted by atomic mass is 10.1. The zero-order chi connectivity index (χ0) is 19.5. The molecule has 1 aromatic heterocycles. The molecule has 0 radical (unpaired) electrons. The van der Waals surface area contributed by atoms with Crippen LogP contribution >= 0.6 is 0 Å². The smallest absolute Gasteiger partial charge is 0.257 e. The van der Waals surface area contributed by atoms with E-state index in [1.54, 1.807) is 0 Å². The topological polar surface area (TPSA) is 68.5 Å². The molecule has 6 nitrogen and oxygen atoms in total. The Hall–Kier alpha value is -3.15. The van der Waals surface area contributed by atoms with Gasteiger partial charge in [-0.3, -0.25) is 4.79 Å². The van der Waals surface area contributed by atoms with Crippen LogP contribution in [0.1, 0.15) is 36.2 Å². The molecular formula is C22H23N3O3. The Morgan fingerprint density at radius 2 is 2.07 bits per heavy atom. The normalized spacial score (nSPS) is 16.6. The van der Waals surface area contributed by atoms with Gasteiger partial charge in [-0.05, 0) is 43.7 Å². The van der Waals surface area contributed by atoms with E-state index in [0.29, 0.717) is 37.8 Å². The van der Waals surface area contributed by atoms with Crippen LogP contribution in [0.2, 0.25) is 0 Å². The molecular weight excluding hydrogens is 354 g/mol. The monoisotopic (exact) mass is 377 g/mol. The zero-order valence-electron chi connectivity index (χ0n) is 16.1. The zero-order valence-corrected chi connectivity index (χ0v) is 16.1. The Labute approximate surface area is 164 Å². The van der Waals surface area contributed by atoms with Gasteiger partial charge in [-0.25, -0.2) is 0 Å². The minimum Gasteiger partial charge on any atom is -0.494 e. The molecule has 0 aliphatic carbocycles. The Morgan fingerprint density at radius 1 is 1.21 bits per heavy atom. The number of carbonyl (C=O) groups is 1. The number of hydrogen-bond donors (Lipinski definition) is 0. The van der Waals surface area contributed by atoms with Crippen molar-refractivity contribution in [3.63, 3.8) is 0 Å². The van der Waals surface area contributed by atoms with Crippen LogP contribution in [-0.4, -0.2) is 34.1 Å². The number of amides is 1. The molecule has 0 saturated carbocycles. The van der Waals surface area contributed by atoms with Gasteiger partial charge in [-0.2, -0.15) is 4.98 Å². The van der Waals surface area contributed by atoms with E-state index in [1.807, 2.05) is 67.3 Å². The lowest BCUT2D eigenvalue weighted by Crippen LogP contribution is -2.24. The largest absolute Gasteiger partial charge is 0.494 e. The van der Waals surface area contributed by atoms with Crippen molar-refractivity contribution in [1.29, 1.82) is 0 Å². The maximum atomic E-state index is 12.5. The summed E-state index contributed by atoms with van der Waals surface area (Å²) in [5, 5.41) is 4.13. The molecule has 2 heterocycles. The van der Waals surface area contributed by atoms with E-state index >= 15 is 0 Å². The van der Waals surface area contributed by atoms with E-state index in [0.717, 1.165) is 22.4 Å². The molecule has 1 unspecified atom stereocenters. The number of nitrogens with zero attached hydrogens (tertiary/aromatic N) is 3. The van der Waals surface area contributed by atoms with Crippen LogP contribution in [-0.2, 0) is 11.3 Å². The first-order chi connectivity index (χ1) is 13.6. The van der Waals surface area contributed by atoms with Crippen LogP contribution in [0.5, 0.6) is 5.75 Å². The number of benzene rings is 2. The summed E-state index contributed by atoms with van der Waals surface area (Å²) < 4.78 is 11.0. The molecule has 1 aliphatic heterocycles. The summed E-state index contributed by atoms with van der Waals surface area (Å²) >= 11 is 0. The SMILES string of the molecule is CCOc1cccc(CN2CC(c3noc(-c4cccc(C)c4)n3)CC2=O)c1. The summed E-state index contributed by atoms with van der Waals surface area (Å²) in [5.41, 5.74) is 3.08. The van der Waals surface area contributed by atoms with Crippen LogP contribution in [0.3, 0.4) is 0 Å². The van der Waals surface area contributed by atoms with Gasteiger partial charge >= 0.3 is 0 Å². The molecule has 1 atom stereocenters. The molecule has 1 fully saturated rings. The molecule has 1 saturated heterocycles. The Balaban J connectivity index is 1.46. The number of aryl methyl sites for hydroxylation is 1. The number of hydrogen-bond acceptors (Lipinski definition) is 5. The maximum Gasteiger partial charge on any atom is 0.257 e. The lowest BCUT2D eigenvalue weighted by molar-refractivity contribution is -0.128. The summed E-state index contributed by atoms with van der Waals surface area (Å²) in [4.78, 5) is 18.9. The second kappa shape index (κ2) is 7.84. The van der Waals surface area contributed by atoms with Gasteiger partial charge in [0.2, 0.25) is 5.91 Å². The van der Waals surface area contributed by atoms with Gasteiger partial charge in [0.05, 0.1) is 6.61 Å². The predicted octanol–water partition coefficient (Wildman–Crippen LogP) is 3.96. The highest BCUT2D eigenvalue weighted by molar-refractivity contribution is 5.79. The average molecular weight is 377 g/mol. The molecule has 1 aliphatic rings. The summed E-state index contributed by atoms with van der Waals surface area (Å²) in [7, 11) is 0. The molecule has 28 heavy (non-hydrogen) atoms. The van der Waals surface area contributed by atoms with E-state index in [9.17, 15) is 4.79 Å². The Bertz CT molecular complexity index is 982. The fourth-order valence-corrected chi connectivity index (χ4v) is 3.51. The van der Waals surface area contributed by atoms with E-state index in [1.165, 1.54) is 0 Å². The van der Waals surface area contributed by atoms with E-state index in [2.05, 4.69) is 10.1 Å². The van der Waals surface area contributed by atoms with E-state index in [-0.39, 0.29) is 11.8 Å². The highest BCUT2D eigenvalue weighted by Crippen LogP contribution is 2.29. The summed E-state index contributed by atoms with van der Waals surface area (Å²) in [6, 6.07) is 15.8. The van der Waals surface area contributed by atoms with Crippen molar-refractivity contribution in [2.45, 2.75) is 32.7 Å². The number of carbonyl (C=O) groups excluding carboxylic acids is 1. The van der Waals surface area contributed by atoms with Crippen LogP contribution in [0.4, 0.5) is 0 Å². The molecule has 0 spiro atoms. The first kappa shape index (κ1) is 18.2. The third-order valence-electron chi connectivity index (χ3n) is 4.87. The molecule has 6 heteroatoms. The molecule has 144 valence electrons. The van der Waals surface area contributed by atoms with Gasteiger partial charge in [-0.1, -0.05) is 35.0 Å². The second-order valence-corrected chi connectivity index (χ2v) is 7.08. The predicted molar refractivity (Wildman–Crippen MR) is 105 cm³/mol. The molecule has 2 aromatic carbocycles. The molecule has 0 N–H and O–H groups in total. The van der Waals surface area contributed by atoms with Gasteiger partial charge in [0, 0.05) is 31.0 Å². The molecule has 3 aromatic rings. The van der Waals surface area contributed by atoms with Crippen LogP contribution in [0.15, 0.2) is 53.1 Å². The average Bonchev–Trinajstić information content (AvgIpc) is 3.30. The fourth-order valence-electron chi connectivity index (χ4n) is 3.51. The van der Waals surface area contributed by atoms with Gasteiger partial charge < -0.3 is 14.2 Å². The van der Waals surface area contributed by atoms with E-state index in [4.69, 9.17) is 9.26 Å². The molecule has 0 bridgehead atoms. The van der Waals surface area contributed by atoms with Gasteiger partial charge in [-0.15, -0.1) is 0 Å². The highest BCUT2D eigenvalue weighted by Gasteiger charge is 2.33. The van der Waals surface area contributed by atoms with Crippen molar-refractivity contribution in [3.8, 4) is 17.2 Å². The number of ether oxygens (including phenoxy) is 1.